The fourth-order valence-electron chi connectivity index (χ4n) is 4.39. The molecule has 0 radical (unpaired) electrons. The third-order valence-corrected chi connectivity index (χ3v) is 6.25. The number of likely N-dealkylation sites (tertiary alicyclic amines) is 1. The lowest BCUT2D eigenvalue weighted by Gasteiger charge is -2.41. The second kappa shape index (κ2) is 9.73. The highest BCUT2D eigenvalue weighted by Crippen LogP contribution is 2.36. The smallest absolute Gasteiger partial charge is 0.255 e. The number of nitrogens with zero attached hydrogens (tertiary/aromatic N) is 3. The van der Waals surface area contributed by atoms with Gasteiger partial charge in [-0.1, -0.05) is 24.3 Å². The van der Waals surface area contributed by atoms with E-state index in [1.54, 1.807) is 36.9 Å². The van der Waals surface area contributed by atoms with E-state index in [0.717, 1.165) is 16.7 Å². The molecule has 2 amide bonds. The topological polar surface area (TPSA) is 75.2 Å². The zero-order chi connectivity index (χ0) is 22.4. The Labute approximate surface area is 188 Å². The molecule has 0 saturated carbocycles. The summed E-state index contributed by atoms with van der Waals surface area (Å²) in [5.41, 5.74) is 3.44. The molecule has 0 atom stereocenters. The van der Waals surface area contributed by atoms with Gasteiger partial charge in [0.1, 0.15) is 0 Å². The van der Waals surface area contributed by atoms with Crippen molar-refractivity contribution in [3.8, 4) is 11.1 Å². The molecule has 0 spiro atoms. The summed E-state index contributed by atoms with van der Waals surface area (Å²) in [6, 6.07) is 15.9. The Balaban J connectivity index is 1.49. The largest absolute Gasteiger partial charge is 0.356 e. The number of hydrogen-bond donors (Lipinski definition) is 1. The third kappa shape index (κ3) is 4.69. The van der Waals surface area contributed by atoms with Crippen LogP contribution >= 0.6 is 0 Å². The van der Waals surface area contributed by atoms with Crippen molar-refractivity contribution in [2.24, 2.45) is 5.41 Å². The quantitative estimate of drug-likeness (QED) is 0.649. The molecule has 2 aromatic heterocycles. The van der Waals surface area contributed by atoms with E-state index in [1.807, 2.05) is 24.0 Å². The van der Waals surface area contributed by atoms with Crippen LogP contribution in [0.25, 0.3) is 11.1 Å². The summed E-state index contributed by atoms with van der Waals surface area (Å²) in [5.74, 6) is 0.0518. The second-order valence-electron chi connectivity index (χ2n) is 8.28. The van der Waals surface area contributed by atoms with Crippen molar-refractivity contribution in [3.63, 3.8) is 0 Å². The van der Waals surface area contributed by atoms with Gasteiger partial charge in [0.15, 0.2) is 0 Å². The number of pyridine rings is 2. The van der Waals surface area contributed by atoms with Crippen LogP contribution in [0.1, 0.15) is 35.7 Å². The minimum absolute atomic E-state index is 0.0238. The molecule has 1 fully saturated rings. The number of piperidine rings is 1. The lowest BCUT2D eigenvalue weighted by atomic mass is 9.72. The van der Waals surface area contributed by atoms with Gasteiger partial charge < -0.3 is 10.2 Å². The molecule has 6 nitrogen and oxygen atoms in total. The average Bonchev–Trinajstić information content (AvgIpc) is 2.86. The zero-order valence-corrected chi connectivity index (χ0v) is 18.3. The number of benzene rings is 1. The van der Waals surface area contributed by atoms with E-state index < -0.39 is 5.41 Å². The number of carbonyl (C=O) groups excluding carboxylic acids is 2. The summed E-state index contributed by atoms with van der Waals surface area (Å²) in [7, 11) is 0. The molecule has 3 heterocycles. The predicted octanol–water partition coefficient (Wildman–Crippen LogP) is 3.74. The second-order valence-corrected chi connectivity index (χ2v) is 8.28. The van der Waals surface area contributed by atoms with Crippen LogP contribution in [0, 0.1) is 5.41 Å². The number of hydrogen-bond acceptors (Lipinski definition) is 4. The summed E-state index contributed by atoms with van der Waals surface area (Å²) >= 11 is 0. The van der Waals surface area contributed by atoms with Gasteiger partial charge in [0.05, 0.1) is 11.0 Å². The lowest BCUT2D eigenvalue weighted by Crippen LogP contribution is -2.51. The summed E-state index contributed by atoms with van der Waals surface area (Å²) in [6.07, 6.45) is 8.76. The molecule has 164 valence electrons. The first-order chi connectivity index (χ1) is 15.6. The van der Waals surface area contributed by atoms with E-state index in [4.69, 9.17) is 0 Å². The minimum atomic E-state index is -0.514. The van der Waals surface area contributed by atoms with Crippen LogP contribution in [0.2, 0.25) is 0 Å². The maximum absolute atomic E-state index is 13.1. The SMILES string of the molecule is CCNC(=O)C1(Cc2ccc(-c3ccncc3)cc2)CCN(C(=O)c2cccnc2)CC1. The first-order valence-corrected chi connectivity index (χ1v) is 11.1. The fourth-order valence-corrected chi connectivity index (χ4v) is 4.39. The fraction of sp³-hybridized carbons (Fsp3) is 0.308. The molecule has 0 aliphatic carbocycles. The molecule has 1 N–H and O–H groups in total. The highest BCUT2D eigenvalue weighted by atomic mass is 16.2. The molecular weight excluding hydrogens is 400 g/mol. The Kier molecular flexibility index (Phi) is 6.59. The Bertz CT molecular complexity index is 1040. The Morgan fingerprint density at radius 3 is 2.25 bits per heavy atom. The van der Waals surface area contributed by atoms with Crippen LogP contribution in [0.5, 0.6) is 0 Å². The Morgan fingerprint density at radius 2 is 1.62 bits per heavy atom. The van der Waals surface area contributed by atoms with Gasteiger partial charge in [0.25, 0.3) is 5.91 Å². The van der Waals surface area contributed by atoms with Crippen molar-refractivity contribution in [2.45, 2.75) is 26.2 Å². The molecule has 0 bridgehead atoms. The summed E-state index contributed by atoms with van der Waals surface area (Å²) in [5, 5.41) is 3.03. The summed E-state index contributed by atoms with van der Waals surface area (Å²) in [4.78, 5) is 35.9. The number of aromatic nitrogens is 2. The van der Waals surface area contributed by atoms with E-state index in [-0.39, 0.29) is 11.8 Å². The Morgan fingerprint density at radius 1 is 0.938 bits per heavy atom. The maximum Gasteiger partial charge on any atom is 0.255 e. The van der Waals surface area contributed by atoms with Crippen molar-refractivity contribution in [3.05, 3.63) is 84.4 Å². The highest BCUT2D eigenvalue weighted by molar-refractivity contribution is 5.94. The van der Waals surface area contributed by atoms with Crippen molar-refractivity contribution >= 4 is 11.8 Å². The molecule has 3 aromatic rings. The normalized spacial score (nSPS) is 15.2. The van der Waals surface area contributed by atoms with Crippen LogP contribution in [-0.2, 0) is 11.2 Å². The van der Waals surface area contributed by atoms with Gasteiger partial charge in [-0.3, -0.25) is 19.6 Å². The molecule has 32 heavy (non-hydrogen) atoms. The monoisotopic (exact) mass is 428 g/mol. The van der Waals surface area contributed by atoms with Crippen LogP contribution < -0.4 is 5.32 Å². The highest BCUT2D eigenvalue weighted by Gasteiger charge is 2.42. The van der Waals surface area contributed by atoms with E-state index in [9.17, 15) is 9.59 Å². The predicted molar refractivity (Wildman–Crippen MR) is 124 cm³/mol. The molecule has 1 aromatic carbocycles. The van der Waals surface area contributed by atoms with Gasteiger partial charge in [-0.25, -0.2) is 0 Å². The molecule has 1 aliphatic rings. The van der Waals surface area contributed by atoms with E-state index in [1.165, 1.54) is 0 Å². The molecule has 6 heteroatoms. The molecule has 1 saturated heterocycles. The van der Waals surface area contributed by atoms with Crippen molar-refractivity contribution in [1.29, 1.82) is 0 Å². The molecule has 1 aliphatic heterocycles. The van der Waals surface area contributed by atoms with Crippen molar-refractivity contribution in [2.75, 3.05) is 19.6 Å². The standard InChI is InChI=1S/C26H28N4O2/c1-2-29-25(32)26(11-16-30(17-12-26)24(31)23-4-3-13-28-19-23)18-20-5-7-21(8-6-20)22-9-14-27-15-10-22/h3-10,13-15,19H,2,11-12,16-18H2,1H3,(H,29,32). The van der Waals surface area contributed by atoms with Crippen molar-refractivity contribution < 1.29 is 9.59 Å². The van der Waals surface area contributed by atoms with Crippen LogP contribution in [0.4, 0.5) is 0 Å². The summed E-state index contributed by atoms with van der Waals surface area (Å²) in [6.45, 7) is 3.65. The van der Waals surface area contributed by atoms with Gasteiger partial charge in [-0.2, -0.15) is 0 Å². The number of amides is 2. The number of carbonyl (C=O) groups is 2. The van der Waals surface area contributed by atoms with Crippen LogP contribution in [0.3, 0.4) is 0 Å². The van der Waals surface area contributed by atoms with Crippen LogP contribution in [-0.4, -0.2) is 46.3 Å². The van der Waals surface area contributed by atoms with Crippen molar-refractivity contribution in [1.82, 2.24) is 20.2 Å². The number of nitrogens with one attached hydrogen (secondary N) is 1. The average molecular weight is 429 g/mol. The van der Waals surface area contributed by atoms with Gasteiger partial charge in [0.2, 0.25) is 5.91 Å². The lowest BCUT2D eigenvalue weighted by molar-refractivity contribution is -0.133. The van der Waals surface area contributed by atoms with E-state index in [2.05, 4.69) is 39.6 Å². The van der Waals surface area contributed by atoms with Gasteiger partial charge in [-0.15, -0.1) is 0 Å². The van der Waals surface area contributed by atoms with E-state index >= 15 is 0 Å². The first kappa shape index (κ1) is 21.7. The van der Waals surface area contributed by atoms with Gasteiger partial charge in [0, 0.05) is 44.4 Å². The minimum Gasteiger partial charge on any atom is -0.356 e. The number of rotatable bonds is 6. The first-order valence-electron chi connectivity index (χ1n) is 11.1. The Hall–Kier alpha value is -3.54. The third-order valence-electron chi connectivity index (χ3n) is 6.25. The molecule has 4 rings (SSSR count). The maximum atomic E-state index is 13.1. The molecule has 0 unspecified atom stereocenters. The molecular formula is C26H28N4O2. The van der Waals surface area contributed by atoms with Gasteiger partial charge >= 0.3 is 0 Å². The van der Waals surface area contributed by atoms with Crippen LogP contribution in [0.15, 0.2) is 73.3 Å². The zero-order valence-electron chi connectivity index (χ0n) is 18.3. The van der Waals surface area contributed by atoms with Gasteiger partial charge in [-0.05, 0) is 67.1 Å². The summed E-state index contributed by atoms with van der Waals surface area (Å²) < 4.78 is 0. The van der Waals surface area contributed by atoms with E-state index in [0.29, 0.717) is 44.5 Å².